The number of rotatable bonds is 2. The van der Waals surface area contributed by atoms with E-state index in [-0.39, 0.29) is 5.78 Å². The number of methoxy groups -OCH3 is 1. The Morgan fingerprint density at radius 3 is 2.76 bits per heavy atom. The quantitative estimate of drug-likeness (QED) is 0.780. The molecular formula is C14H14O3. The van der Waals surface area contributed by atoms with Gasteiger partial charge in [-0.3, -0.25) is 4.79 Å². The van der Waals surface area contributed by atoms with E-state index < -0.39 is 0 Å². The fraction of sp³-hybridized carbons (Fsp3) is 0.357. The SMILES string of the molecule is COc1ccc(C2=C3COC[C@H]3CC2=O)cc1. The van der Waals surface area contributed by atoms with Crippen molar-refractivity contribution in [3.63, 3.8) is 0 Å². The Hall–Kier alpha value is -1.61. The number of ketones is 1. The largest absolute Gasteiger partial charge is 0.497 e. The van der Waals surface area contributed by atoms with Gasteiger partial charge in [-0.25, -0.2) is 0 Å². The molecule has 0 radical (unpaired) electrons. The van der Waals surface area contributed by atoms with Crippen LogP contribution in [0.5, 0.6) is 5.75 Å². The molecule has 0 saturated carbocycles. The molecule has 17 heavy (non-hydrogen) atoms. The van der Waals surface area contributed by atoms with Gasteiger partial charge in [0.15, 0.2) is 5.78 Å². The summed E-state index contributed by atoms with van der Waals surface area (Å²) in [6.07, 6.45) is 0.608. The predicted octanol–water partition coefficient (Wildman–Crippen LogP) is 2.07. The number of carbonyl (C=O) groups excluding carboxylic acids is 1. The van der Waals surface area contributed by atoms with Gasteiger partial charge >= 0.3 is 0 Å². The number of hydrogen-bond donors (Lipinski definition) is 0. The monoisotopic (exact) mass is 230 g/mol. The second kappa shape index (κ2) is 4.00. The van der Waals surface area contributed by atoms with E-state index in [0.29, 0.717) is 25.6 Å². The van der Waals surface area contributed by atoms with Gasteiger partial charge in [-0.05, 0) is 23.3 Å². The minimum atomic E-state index is 0.249. The van der Waals surface area contributed by atoms with E-state index in [2.05, 4.69) is 0 Å². The molecule has 3 rings (SSSR count). The molecule has 3 nitrogen and oxygen atoms in total. The Morgan fingerprint density at radius 2 is 2.06 bits per heavy atom. The molecule has 3 heteroatoms. The van der Waals surface area contributed by atoms with Crippen molar-refractivity contribution >= 4 is 11.4 Å². The van der Waals surface area contributed by atoms with E-state index in [1.807, 2.05) is 24.3 Å². The summed E-state index contributed by atoms with van der Waals surface area (Å²) < 4.78 is 10.5. The van der Waals surface area contributed by atoms with Crippen LogP contribution in [0.2, 0.25) is 0 Å². The summed E-state index contributed by atoms with van der Waals surface area (Å²) in [5.74, 6) is 1.38. The van der Waals surface area contributed by atoms with E-state index >= 15 is 0 Å². The first-order chi connectivity index (χ1) is 8.29. The van der Waals surface area contributed by atoms with Crippen molar-refractivity contribution in [2.45, 2.75) is 6.42 Å². The number of fused-ring (bicyclic) bond motifs is 1. The Balaban J connectivity index is 2.02. The molecule has 1 aromatic carbocycles. The molecule has 1 saturated heterocycles. The summed E-state index contributed by atoms with van der Waals surface area (Å²) in [4.78, 5) is 12.0. The second-order valence-corrected chi connectivity index (χ2v) is 4.47. The van der Waals surface area contributed by atoms with Crippen LogP contribution in [0.25, 0.3) is 5.57 Å². The van der Waals surface area contributed by atoms with Crippen LogP contribution < -0.4 is 4.74 Å². The highest BCUT2D eigenvalue weighted by molar-refractivity contribution is 6.24. The van der Waals surface area contributed by atoms with Crippen LogP contribution in [0, 0.1) is 5.92 Å². The van der Waals surface area contributed by atoms with Crippen molar-refractivity contribution < 1.29 is 14.3 Å². The lowest BCUT2D eigenvalue weighted by atomic mass is 10.0. The molecule has 1 aliphatic carbocycles. The Labute approximate surface area is 100 Å². The van der Waals surface area contributed by atoms with Gasteiger partial charge in [0.2, 0.25) is 0 Å². The first-order valence-electron chi connectivity index (χ1n) is 5.78. The highest BCUT2D eigenvalue weighted by Crippen LogP contribution is 2.39. The lowest BCUT2D eigenvalue weighted by Crippen LogP contribution is -2.01. The lowest BCUT2D eigenvalue weighted by molar-refractivity contribution is -0.113. The summed E-state index contributed by atoms with van der Waals surface area (Å²) in [6.45, 7) is 1.30. The molecule has 0 amide bonds. The summed E-state index contributed by atoms with van der Waals surface area (Å²) in [5, 5.41) is 0. The summed E-state index contributed by atoms with van der Waals surface area (Å²) in [6, 6.07) is 7.66. The summed E-state index contributed by atoms with van der Waals surface area (Å²) >= 11 is 0. The average Bonchev–Trinajstić information content (AvgIpc) is 2.89. The van der Waals surface area contributed by atoms with Gasteiger partial charge in [0, 0.05) is 17.9 Å². The topological polar surface area (TPSA) is 35.5 Å². The molecule has 1 fully saturated rings. The Kier molecular flexibility index (Phi) is 2.48. The van der Waals surface area contributed by atoms with Gasteiger partial charge in [-0.15, -0.1) is 0 Å². The number of allylic oxidation sites excluding steroid dienone is 1. The summed E-state index contributed by atoms with van der Waals surface area (Å²) in [5.41, 5.74) is 3.04. The first-order valence-corrected chi connectivity index (χ1v) is 5.78. The van der Waals surface area contributed by atoms with Crippen LogP contribution in [0.15, 0.2) is 29.8 Å². The van der Waals surface area contributed by atoms with Crippen molar-refractivity contribution in [2.24, 2.45) is 5.92 Å². The van der Waals surface area contributed by atoms with Crippen molar-refractivity contribution in [1.82, 2.24) is 0 Å². The molecule has 0 spiro atoms. The van der Waals surface area contributed by atoms with E-state index in [0.717, 1.165) is 16.9 Å². The average molecular weight is 230 g/mol. The molecule has 0 aromatic heterocycles. The van der Waals surface area contributed by atoms with Gasteiger partial charge < -0.3 is 9.47 Å². The summed E-state index contributed by atoms with van der Waals surface area (Å²) in [7, 11) is 1.64. The molecule has 1 heterocycles. The molecule has 0 unspecified atom stereocenters. The molecular weight excluding hydrogens is 216 g/mol. The zero-order valence-corrected chi connectivity index (χ0v) is 9.73. The zero-order valence-electron chi connectivity index (χ0n) is 9.73. The molecule has 2 aliphatic rings. The number of carbonyl (C=O) groups is 1. The first kappa shape index (κ1) is 10.5. The minimum absolute atomic E-state index is 0.249. The van der Waals surface area contributed by atoms with Crippen molar-refractivity contribution in [2.75, 3.05) is 20.3 Å². The standard InChI is InChI=1S/C14H14O3/c1-16-11-4-2-9(3-5-11)14-12-8-17-7-10(12)6-13(14)15/h2-5,10H,6-8H2,1H3/t10-/m1/s1. The van der Waals surface area contributed by atoms with Crippen LogP contribution in [0.1, 0.15) is 12.0 Å². The number of benzene rings is 1. The maximum atomic E-state index is 12.0. The van der Waals surface area contributed by atoms with Crippen LogP contribution in [-0.2, 0) is 9.53 Å². The molecule has 0 N–H and O–H groups in total. The third-order valence-electron chi connectivity index (χ3n) is 3.48. The third-order valence-corrected chi connectivity index (χ3v) is 3.48. The maximum absolute atomic E-state index is 12.0. The van der Waals surface area contributed by atoms with Crippen LogP contribution in [0.3, 0.4) is 0 Å². The van der Waals surface area contributed by atoms with E-state index in [9.17, 15) is 4.79 Å². The van der Waals surface area contributed by atoms with E-state index in [1.165, 1.54) is 5.57 Å². The van der Waals surface area contributed by atoms with Gasteiger partial charge in [0.05, 0.1) is 20.3 Å². The molecule has 1 aromatic rings. The van der Waals surface area contributed by atoms with Gasteiger partial charge in [-0.2, -0.15) is 0 Å². The van der Waals surface area contributed by atoms with Gasteiger partial charge in [-0.1, -0.05) is 12.1 Å². The fourth-order valence-corrected chi connectivity index (χ4v) is 2.60. The highest BCUT2D eigenvalue weighted by Gasteiger charge is 2.36. The Morgan fingerprint density at radius 1 is 1.29 bits per heavy atom. The van der Waals surface area contributed by atoms with E-state index in [4.69, 9.17) is 9.47 Å². The third kappa shape index (κ3) is 1.67. The molecule has 1 aliphatic heterocycles. The molecule has 1 atom stereocenters. The molecule has 0 bridgehead atoms. The van der Waals surface area contributed by atoms with Crippen LogP contribution in [-0.4, -0.2) is 26.1 Å². The van der Waals surface area contributed by atoms with E-state index in [1.54, 1.807) is 7.11 Å². The van der Waals surface area contributed by atoms with Crippen molar-refractivity contribution in [1.29, 1.82) is 0 Å². The zero-order chi connectivity index (χ0) is 11.8. The lowest BCUT2D eigenvalue weighted by Gasteiger charge is -2.05. The van der Waals surface area contributed by atoms with Gasteiger partial charge in [0.1, 0.15) is 5.75 Å². The van der Waals surface area contributed by atoms with Crippen molar-refractivity contribution in [3.8, 4) is 5.75 Å². The highest BCUT2D eigenvalue weighted by atomic mass is 16.5. The van der Waals surface area contributed by atoms with Crippen LogP contribution in [0.4, 0.5) is 0 Å². The number of hydrogen-bond acceptors (Lipinski definition) is 3. The number of ether oxygens (including phenoxy) is 2. The van der Waals surface area contributed by atoms with Gasteiger partial charge in [0.25, 0.3) is 0 Å². The molecule has 88 valence electrons. The predicted molar refractivity (Wildman–Crippen MR) is 63.8 cm³/mol. The minimum Gasteiger partial charge on any atom is -0.497 e. The van der Waals surface area contributed by atoms with Crippen LogP contribution >= 0.6 is 0 Å². The Bertz CT molecular complexity index is 485. The van der Waals surface area contributed by atoms with Crippen molar-refractivity contribution in [3.05, 3.63) is 35.4 Å². The fourth-order valence-electron chi connectivity index (χ4n) is 2.60. The number of Topliss-reactive ketones (excluding diaryl/α,β-unsaturated/α-hetero) is 1. The second-order valence-electron chi connectivity index (χ2n) is 4.47. The normalized spacial score (nSPS) is 23.1. The smallest absolute Gasteiger partial charge is 0.164 e. The maximum Gasteiger partial charge on any atom is 0.164 e.